The number of aromatic amines is 1. The summed E-state index contributed by atoms with van der Waals surface area (Å²) in [5.41, 5.74) is 6.35. The number of H-pyrrole nitrogens is 1. The third-order valence-electron chi connectivity index (χ3n) is 5.29. The van der Waals surface area contributed by atoms with E-state index in [1.54, 1.807) is 17.4 Å². The Bertz CT molecular complexity index is 1050. The topological polar surface area (TPSA) is 39.3 Å². The molecule has 0 amide bonds. The molecule has 130 valence electrons. The predicted molar refractivity (Wildman–Crippen MR) is 107 cm³/mol. The van der Waals surface area contributed by atoms with Crippen molar-refractivity contribution in [3.8, 4) is 5.75 Å². The number of rotatable bonds is 3. The van der Waals surface area contributed by atoms with Crippen molar-refractivity contribution in [2.24, 2.45) is 0 Å². The van der Waals surface area contributed by atoms with Crippen LogP contribution in [-0.2, 0) is 13.0 Å². The van der Waals surface area contributed by atoms with Crippen LogP contribution in [0.25, 0.3) is 10.9 Å². The Morgan fingerprint density at radius 2 is 2.04 bits per heavy atom. The number of para-hydroxylation sites is 1. The minimum Gasteiger partial charge on any atom is -0.508 e. The van der Waals surface area contributed by atoms with Crippen LogP contribution in [0.4, 0.5) is 0 Å². The van der Waals surface area contributed by atoms with Crippen LogP contribution >= 0.6 is 11.3 Å². The largest absolute Gasteiger partial charge is 0.508 e. The van der Waals surface area contributed by atoms with E-state index in [1.165, 1.54) is 27.7 Å². The van der Waals surface area contributed by atoms with Crippen molar-refractivity contribution in [3.63, 3.8) is 0 Å². The maximum absolute atomic E-state index is 10.0. The fourth-order valence-electron chi connectivity index (χ4n) is 4.15. The van der Waals surface area contributed by atoms with E-state index in [2.05, 4.69) is 57.0 Å². The van der Waals surface area contributed by atoms with Crippen LogP contribution in [0, 0.1) is 0 Å². The smallest absolute Gasteiger partial charge is 0.115 e. The molecule has 0 unspecified atom stereocenters. The highest BCUT2D eigenvalue weighted by molar-refractivity contribution is 7.07. The van der Waals surface area contributed by atoms with E-state index in [9.17, 15) is 5.11 Å². The second-order valence-electron chi connectivity index (χ2n) is 6.91. The minimum atomic E-state index is 0.123. The van der Waals surface area contributed by atoms with Crippen molar-refractivity contribution >= 4 is 22.2 Å². The molecule has 4 aromatic rings. The molecule has 0 radical (unpaired) electrons. The molecular weight excluding hydrogens is 340 g/mol. The van der Waals surface area contributed by atoms with Crippen molar-refractivity contribution in [3.05, 3.63) is 87.7 Å². The quantitative estimate of drug-likeness (QED) is 0.535. The van der Waals surface area contributed by atoms with Gasteiger partial charge in [0.2, 0.25) is 0 Å². The molecule has 2 aromatic heterocycles. The van der Waals surface area contributed by atoms with Gasteiger partial charge in [0.25, 0.3) is 0 Å². The van der Waals surface area contributed by atoms with Crippen molar-refractivity contribution in [1.29, 1.82) is 0 Å². The Balaban J connectivity index is 1.65. The van der Waals surface area contributed by atoms with Gasteiger partial charge < -0.3 is 10.1 Å². The number of nitrogens with zero attached hydrogens (tertiary/aromatic N) is 1. The summed E-state index contributed by atoms with van der Waals surface area (Å²) < 4.78 is 0. The zero-order valence-electron chi connectivity index (χ0n) is 14.4. The van der Waals surface area contributed by atoms with E-state index in [0.717, 1.165) is 25.1 Å². The molecule has 1 atom stereocenters. The Hall–Kier alpha value is -2.56. The van der Waals surface area contributed by atoms with Gasteiger partial charge in [-0.15, -0.1) is 0 Å². The number of hydrogen-bond acceptors (Lipinski definition) is 3. The van der Waals surface area contributed by atoms with Gasteiger partial charge in [-0.3, -0.25) is 4.90 Å². The number of benzene rings is 2. The molecule has 3 heterocycles. The zero-order valence-corrected chi connectivity index (χ0v) is 15.2. The van der Waals surface area contributed by atoms with Gasteiger partial charge in [0.1, 0.15) is 5.75 Å². The second-order valence-corrected chi connectivity index (χ2v) is 7.69. The molecule has 0 fully saturated rings. The molecule has 1 aliphatic rings. The van der Waals surface area contributed by atoms with E-state index >= 15 is 0 Å². The summed E-state index contributed by atoms with van der Waals surface area (Å²) in [5.74, 6) is 0.321. The summed E-state index contributed by atoms with van der Waals surface area (Å²) >= 11 is 1.74. The van der Waals surface area contributed by atoms with E-state index in [1.807, 2.05) is 12.1 Å². The van der Waals surface area contributed by atoms with E-state index in [-0.39, 0.29) is 6.04 Å². The molecule has 4 heteroatoms. The number of hydrogen-bond donors (Lipinski definition) is 2. The molecule has 0 bridgehead atoms. The van der Waals surface area contributed by atoms with Gasteiger partial charge in [-0.05, 0) is 58.1 Å². The summed E-state index contributed by atoms with van der Waals surface area (Å²) in [4.78, 5) is 6.18. The lowest BCUT2D eigenvalue weighted by molar-refractivity contribution is 0.202. The number of fused-ring (bicyclic) bond motifs is 3. The van der Waals surface area contributed by atoms with Gasteiger partial charge in [-0.2, -0.15) is 11.3 Å². The van der Waals surface area contributed by atoms with Crippen molar-refractivity contribution < 1.29 is 5.11 Å². The van der Waals surface area contributed by atoms with E-state index in [4.69, 9.17) is 0 Å². The van der Waals surface area contributed by atoms with E-state index in [0.29, 0.717) is 5.75 Å². The normalized spacial score (nSPS) is 17.5. The molecule has 2 N–H and O–H groups in total. The Morgan fingerprint density at radius 1 is 1.12 bits per heavy atom. The average molecular weight is 360 g/mol. The van der Waals surface area contributed by atoms with Gasteiger partial charge >= 0.3 is 0 Å². The van der Waals surface area contributed by atoms with Crippen molar-refractivity contribution in [1.82, 2.24) is 9.88 Å². The first-order valence-electron chi connectivity index (χ1n) is 8.93. The molecule has 0 saturated heterocycles. The van der Waals surface area contributed by atoms with Crippen LogP contribution in [0.1, 0.15) is 28.4 Å². The summed E-state index contributed by atoms with van der Waals surface area (Å²) in [6.45, 7) is 1.92. The van der Waals surface area contributed by atoms with Crippen LogP contribution in [0.3, 0.4) is 0 Å². The lowest BCUT2D eigenvalue weighted by atomic mass is 9.92. The van der Waals surface area contributed by atoms with Crippen molar-refractivity contribution in [2.45, 2.75) is 19.0 Å². The zero-order chi connectivity index (χ0) is 17.5. The fraction of sp³-hybridized carbons (Fsp3) is 0.182. The molecule has 1 aliphatic heterocycles. The van der Waals surface area contributed by atoms with Crippen LogP contribution in [-0.4, -0.2) is 21.5 Å². The number of phenols is 1. The van der Waals surface area contributed by atoms with Crippen LogP contribution in [0.15, 0.2) is 65.4 Å². The minimum absolute atomic E-state index is 0.123. The highest BCUT2D eigenvalue weighted by atomic mass is 32.1. The summed E-state index contributed by atoms with van der Waals surface area (Å²) in [7, 11) is 0. The molecule has 26 heavy (non-hydrogen) atoms. The number of aromatic hydroxyl groups is 1. The number of nitrogens with one attached hydrogen (secondary N) is 1. The molecule has 0 aliphatic carbocycles. The lowest BCUT2D eigenvalue weighted by Crippen LogP contribution is -2.35. The fourth-order valence-corrected chi connectivity index (χ4v) is 4.81. The van der Waals surface area contributed by atoms with Crippen LogP contribution < -0.4 is 0 Å². The molecule has 0 spiro atoms. The second kappa shape index (κ2) is 6.31. The maximum Gasteiger partial charge on any atom is 0.115 e. The molecule has 2 aromatic carbocycles. The first-order chi connectivity index (χ1) is 12.8. The first kappa shape index (κ1) is 15.7. The van der Waals surface area contributed by atoms with Gasteiger partial charge in [-0.25, -0.2) is 0 Å². The molecule has 5 rings (SSSR count). The molecule has 3 nitrogen and oxygen atoms in total. The van der Waals surface area contributed by atoms with E-state index < -0.39 is 0 Å². The van der Waals surface area contributed by atoms with Gasteiger partial charge in [-0.1, -0.05) is 30.3 Å². The monoisotopic (exact) mass is 360 g/mol. The highest BCUT2D eigenvalue weighted by Crippen LogP contribution is 2.39. The van der Waals surface area contributed by atoms with Gasteiger partial charge in [0.15, 0.2) is 0 Å². The van der Waals surface area contributed by atoms with Crippen molar-refractivity contribution in [2.75, 3.05) is 6.54 Å². The van der Waals surface area contributed by atoms with Crippen LogP contribution in [0.5, 0.6) is 5.75 Å². The Labute approximate surface area is 156 Å². The molecule has 0 saturated carbocycles. The summed E-state index contributed by atoms with van der Waals surface area (Å²) in [5, 5.41) is 15.7. The highest BCUT2D eigenvalue weighted by Gasteiger charge is 2.31. The average Bonchev–Trinajstić information content (AvgIpc) is 3.28. The predicted octanol–water partition coefficient (Wildman–Crippen LogP) is 5.08. The van der Waals surface area contributed by atoms with Gasteiger partial charge in [0.05, 0.1) is 6.04 Å². The standard InChI is InChI=1S/C22H20N2OS/c25-17-5-3-4-16(12-17)22-21-19(18-6-1-2-7-20(18)23-21)8-10-24(22)13-15-9-11-26-14-15/h1-7,9,11-12,14,22-23,25H,8,10,13H2/t22-/m1/s1. The Kier molecular flexibility index (Phi) is 3.80. The molecular formula is C22H20N2OS. The third-order valence-corrected chi connectivity index (χ3v) is 6.02. The SMILES string of the molecule is Oc1cccc([C@@H]2c3[nH]c4ccccc4c3CCN2Cc2ccsc2)c1. The first-order valence-corrected chi connectivity index (χ1v) is 9.87. The van der Waals surface area contributed by atoms with Crippen LogP contribution in [0.2, 0.25) is 0 Å². The third kappa shape index (κ3) is 2.62. The summed E-state index contributed by atoms with van der Waals surface area (Å²) in [6.07, 6.45) is 1.04. The number of aromatic nitrogens is 1. The summed E-state index contributed by atoms with van der Waals surface area (Å²) in [6, 6.07) is 18.6. The van der Waals surface area contributed by atoms with Gasteiger partial charge in [0, 0.05) is 29.7 Å². The Morgan fingerprint density at radius 3 is 2.88 bits per heavy atom. The number of thiophene rings is 1. The number of phenolic OH excluding ortho intramolecular Hbond substituents is 1. The lowest BCUT2D eigenvalue weighted by Gasteiger charge is -2.36. The maximum atomic E-state index is 10.0.